The van der Waals surface area contributed by atoms with E-state index >= 15 is 0 Å². The van der Waals surface area contributed by atoms with Gasteiger partial charge in [-0.1, -0.05) is 6.08 Å². The van der Waals surface area contributed by atoms with Gasteiger partial charge >= 0.3 is 0 Å². The van der Waals surface area contributed by atoms with E-state index in [1.165, 1.54) is 13.1 Å². The third-order valence-electron chi connectivity index (χ3n) is 2.99. The van der Waals surface area contributed by atoms with E-state index in [1.54, 1.807) is 6.08 Å². The Balaban J connectivity index is 2.45. The van der Waals surface area contributed by atoms with E-state index in [4.69, 9.17) is 0 Å². The minimum atomic E-state index is -0.907. The van der Waals surface area contributed by atoms with Crippen LogP contribution in [0.3, 0.4) is 0 Å². The van der Waals surface area contributed by atoms with Gasteiger partial charge in [-0.3, -0.25) is 4.79 Å². The second kappa shape index (κ2) is 6.93. The number of aldehydes is 1. The number of rotatable bonds is 6. The maximum absolute atomic E-state index is 12.9. The zero-order chi connectivity index (χ0) is 13.5. The Morgan fingerprint density at radius 1 is 1.72 bits per heavy atom. The summed E-state index contributed by atoms with van der Waals surface area (Å²) in [5.41, 5.74) is 0.922. The molecule has 0 aromatic rings. The van der Waals surface area contributed by atoms with Crippen molar-refractivity contribution in [2.24, 2.45) is 5.92 Å². The molecule has 0 spiro atoms. The largest absolute Gasteiger partial charge is 0.375 e. The van der Waals surface area contributed by atoms with Crippen LogP contribution >= 0.6 is 0 Å². The van der Waals surface area contributed by atoms with Crippen molar-refractivity contribution in [1.82, 2.24) is 10.2 Å². The van der Waals surface area contributed by atoms with Crippen molar-refractivity contribution >= 4 is 12.2 Å². The molecular weight excluding hydrogens is 235 g/mol. The van der Waals surface area contributed by atoms with E-state index in [0.29, 0.717) is 25.7 Å². The molecule has 1 aliphatic rings. The number of hydrogen-bond donors (Lipinski definition) is 1. The van der Waals surface area contributed by atoms with Gasteiger partial charge in [-0.25, -0.2) is 4.39 Å². The fourth-order valence-electron chi connectivity index (χ4n) is 1.77. The van der Waals surface area contributed by atoms with Gasteiger partial charge in [-0.05, 0) is 18.6 Å². The highest BCUT2D eigenvalue weighted by molar-refractivity contribution is 5.91. The second-order valence-electron chi connectivity index (χ2n) is 4.31. The number of allylic oxidation sites excluding steroid dienone is 3. The van der Waals surface area contributed by atoms with Crippen LogP contribution in [0.15, 0.2) is 23.9 Å². The minimum Gasteiger partial charge on any atom is -0.375 e. The van der Waals surface area contributed by atoms with Gasteiger partial charge in [0.1, 0.15) is 12.5 Å². The average molecular weight is 254 g/mol. The molecule has 18 heavy (non-hydrogen) atoms. The maximum atomic E-state index is 12.9. The van der Waals surface area contributed by atoms with Crippen molar-refractivity contribution in [1.29, 1.82) is 0 Å². The van der Waals surface area contributed by atoms with Crippen LogP contribution in [0.2, 0.25) is 0 Å². The molecule has 0 fully saturated rings. The van der Waals surface area contributed by atoms with E-state index in [0.717, 1.165) is 5.70 Å². The molecule has 2 unspecified atom stereocenters. The summed E-state index contributed by atoms with van der Waals surface area (Å²) in [7, 11) is 3.37. The summed E-state index contributed by atoms with van der Waals surface area (Å²) in [6, 6.07) is 0. The summed E-state index contributed by atoms with van der Waals surface area (Å²) in [5, 5.41) is 2.46. The molecule has 0 heterocycles. The van der Waals surface area contributed by atoms with Crippen molar-refractivity contribution < 1.29 is 14.0 Å². The van der Waals surface area contributed by atoms with Crippen LogP contribution in [0.25, 0.3) is 0 Å². The van der Waals surface area contributed by atoms with Crippen LogP contribution in [0, 0.1) is 5.92 Å². The Labute approximate surface area is 107 Å². The highest BCUT2D eigenvalue weighted by atomic mass is 19.1. The first-order valence-corrected chi connectivity index (χ1v) is 5.99. The molecule has 0 radical (unpaired) electrons. The van der Waals surface area contributed by atoms with Gasteiger partial charge in [-0.15, -0.1) is 0 Å². The zero-order valence-corrected chi connectivity index (χ0v) is 10.7. The molecule has 1 N–H and O–H groups in total. The highest BCUT2D eigenvalue weighted by Crippen LogP contribution is 2.16. The molecule has 0 saturated carbocycles. The quantitative estimate of drug-likeness (QED) is 0.569. The normalized spacial score (nSPS) is 19.9. The summed E-state index contributed by atoms with van der Waals surface area (Å²) in [6.45, 7) is 0.573. The summed E-state index contributed by atoms with van der Waals surface area (Å²) >= 11 is 0. The first-order valence-electron chi connectivity index (χ1n) is 5.99. The van der Waals surface area contributed by atoms with Gasteiger partial charge in [-0.2, -0.15) is 0 Å². The maximum Gasteiger partial charge on any atom is 0.230 e. The zero-order valence-electron chi connectivity index (χ0n) is 10.7. The van der Waals surface area contributed by atoms with E-state index in [1.807, 2.05) is 18.0 Å². The summed E-state index contributed by atoms with van der Waals surface area (Å²) in [5.74, 6) is -0.894. The molecule has 2 atom stereocenters. The van der Waals surface area contributed by atoms with Gasteiger partial charge < -0.3 is 15.0 Å². The Morgan fingerprint density at radius 2 is 2.44 bits per heavy atom. The molecule has 1 rings (SSSR count). The van der Waals surface area contributed by atoms with Crippen LogP contribution in [0.5, 0.6) is 0 Å². The number of nitrogens with one attached hydrogen (secondary N) is 1. The predicted molar refractivity (Wildman–Crippen MR) is 67.6 cm³/mol. The number of hydrogen-bond acceptors (Lipinski definition) is 3. The Kier molecular flexibility index (Phi) is 5.55. The summed E-state index contributed by atoms with van der Waals surface area (Å²) in [6.07, 6.45) is 5.64. The van der Waals surface area contributed by atoms with Gasteiger partial charge in [0.25, 0.3) is 0 Å². The van der Waals surface area contributed by atoms with Crippen LogP contribution < -0.4 is 5.32 Å². The van der Waals surface area contributed by atoms with Gasteiger partial charge in [0, 0.05) is 32.8 Å². The lowest BCUT2D eigenvalue weighted by Crippen LogP contribution is -2.31. The lowest BCUT2D eigenvalue weighted by atomic mass is 10.1. The van der Waals surface area contributed by atoms with E-state index in [2.05, 4.69) is 5.32 Å². The monoisotopic (exact) mass is 254 g/mol. The van der Waals surface area contributed by atoms with Gasteiger partial charge in [0.15, 0.2) is 0 Å². The number of carbonyl (C=O) groups is 2. The molecule has 5 heteroatoms. The smallest absolute Gasteiger partial charge is 0.230 e. The van der Waals surface area contributed by atoms with Crippen molar-refractivity contribution in [3.05, 3.63) is 23.9 Å². The number of halogens is 1. The topological polar surface area (TPSA) is 49.4 Å². The molecule has 0 aromatic heterocycles. The SMILES string of the molecule is CNC(=O)C(C=O)CCN(C)C1=CCC(F)C=C1. The number of nitrogens with zero attached hydrogens (tertiary/aromatic N) is 1. The Hall–Kier alpha value is -1.65. The lowest BCUT2D eigenvalue weighted by Gasteiger charge is -2.23. The number of alkyl halides is 1. The number of carbonyl (C=O) groups excluding carboxylic acids is 2. The van der Waals surface area contributed by atoms with E-state index < -0.39 is 12.1 Å². The van der Waals surface area contributed by atoms with Crippen LogP contribution in [0.1, 0.15) is 12.8 Å². The van der Waals surface area contributed by atoms with Gasteiger partial charge in [0.05, 0.1) is 5.92 Å². The highest BCUT2D eigenvalue weighted by Gasteiger charge is 2.17. The van der Waals surface area contributed by atoms with Crippen molar-refractivity contribution in [2.45, 2.75) is 19.0 Å². The minimum absolute atomic E-state index is 0.268. The number of amides is 1. The molecule has 0 bridgehead atoms. The molecule has 1 amide bonds. The molecule has 100 valence electrons. The fraction of sp³-hybridized carbons (Fsp3) is 0.538. The van der Waals surface area contributed by atoms with Crippen LogP contribution in [-0.4, -0.2) is 43.9 Å². The average Bonchev–Trinajstić information content (AvgIpc) is 2.39. The van der Waals surface area contributed by atoms with E-state index in [-0.39, 0.29) is 5.91 Å². The molecular formula is C13H19FN2O2. The van der Waals surface area contributed by atoms with Crippen molar-refractivity contribution in [3.63, 3.8) is 0 Å². The molecule has 0 aromatic carbocycles. The van der Waals surface area contributed by atoms with Crippen molar-refractivity contribution in [3.8, 4) is 0 Å². The third kappa shape index (κ3) is 3.98. The third-order valence-corrected chi connectivity index (χ3v) is 2.99. The molecule has 0 saturated heterocycles. The first-order chi connectivity index (χ1) is 8.58. The Bertz CT molecular complexity index is 366. The summed E-state index contributed by atoms with van der Waals surface area (Å²) < 4.78 is 12.9. The molecule has 0 aliphatic heterocycles. The number of likely N-dealkylation sites (N-methyl/N-ethyl adjacent to an activating group) is 1. The standard InChI is InChI=1S/C13H19FN2O2/c1-15-13(18)10(9-17)7-8-16(2)12-5-3-11(14)4-6-12/h3,5-6,9-11H,4,7-8H2,1-2H3,(H,15,18). The van der Waals surface area contributed by atoms with Crippen LogP contribution in [-0.2, 0) is 9.59 Å². The fourth-order valence-corrected chi connectivity index (χ4v) is 1.77. The van der Waals surface area contributed by atoms with E-state index in [9.17, 15) is 14.0 Å². The molecule has 4 nitrogen and oxygen atoms in total. The lowest BCUT2D eigenvalue weighted by molar-refractivity contribution is -0.128. The summed E-state index contributed by atoms with van der Waals surface area (Å²) in [4.78, 5) is 24.0. The predicted octanol–water partition coefficient (Wildman–Crippen LogP) is 1.05. The second-order valence-corrected chi connectivity index (χ2v) is 4.31. The van der Waals surface area contributed by atoms with Crippen molar-refractivity contribution in [2.75, 3.05) is 20.6 Å². The first kappa shape index (κ1) is 14.4. The van der Waals surface area contributed by atoms with Crippen LogP contribution in [0.4, 0.5) is 4.39 Å². The molecule has 1 aliphatic carbocycles. The van der Waals surface area contributed by atoms with Gasteiger partial charge in [0.2, 0.25) is 5.91 Å². The Morgan fingerprint density at radius 3 is 2.94 bits per heavy atom.